The molecular formula is C27H20F3NO. The molecule has 0 saturated carbocycles. The Bertz CT molecular complexity index is 1190. The number of halogens is 3. The standard InChI is InChI=1S/C27H20F3NO/c28-20-9-5-17(6-10-20)26(18-7-11-21(29)12-8-18)31-27-23-4-2-1-3-19(23)16-32-25-14-13-22(30)15-24(25)27/h1-15,26-27,31H,16H2. The van der Waals surface area contributed by atoms with Crippen LogP contribution >= 0.6 is 0 Å². The van der Waals surface area contributed by atoms with Gasteiger partial charge in [0.25, 0.3) is 0 Å². The minimum absolute atomic E-state index is 0.341. The number of benzene rings is 4. The maximum Gasteiger partial charge on any atom is 0.125 e. The monoisotopic (exact) mass is 431 g/mol. The van der Waals surface area contributed by atoms with Crippen molar-refractivity contribution in [3.8, 4) is 5.75 Å². The number of fused-ring (bicyclic) bond motifs is 2. The predicted molar refractivity (Wildman–Crippen MR) is 117 cm³/mol. The van der Waals surface area contributed by atoms with Crippen molar-refractivity contribution in [2.75, 3.05) is 0 Å². The fourth-order valence-electron chi connectivity index (χ4n) is 4.19. The third-order valence-corrected chi connectivity index (χ3v) is 5.77. The van der Waals surface area contributed by atoms with Crippen molar-refractivity contribution < 1.29 is 17.9 Å². The van der Waals surface area contributed by atoms with Gasteiger partial charge in [0.15, 0.2) is 0 Å². The molecule has 4 aromatic carbocycles. The summed E-state index contributed by atoms with van der Waals surface area (Å²) in [5.41, 5.74) is 4.23. The Morgan fingerprint density at radius 1 is 0.688 bits per heavy atom. The smallest absolute Gasteiger partial charge is 0.125 e. The van der Waals surface area contributed by atoms with Gasteiger partial charge in [-0.3, -0.25) is 5.32 Å². The van der Waals surface area contributed by atoms with E-state index in [1.165, 1.54) is 36.4 Å². The van der Waals surface area contributed by atoms with Gasteiger partial charge in [-0.2, -0.15) is 0 Å². The third kappa shape index (κ3) is 3.99. The highest BCUT2D eigenvalue weighted by molar-refractivity contribution is 5.47. The molecule has 5 heteroatoms. The Morgan fingerprint density at radius 3 is 1.94 bits per heavy atom. The van der Waals surface area contributed by atoms with Gasteiger partial charge in [-0.15, -0.1) is 0 Å². The van der Waals surface area contributed by atoms with Crippen molar-refractivity contribution in [1.29, 1.82) is 0 Å². The van der Waals surface area contributed by atoms with Crippen LogP contribution in [0.4, 0.5) is 13.2 Å². The van der Waals surface area contributed by atoms with E-state index in [1.54, 1.807) is 30.3 Å². The summed E-state index contributed by atoms with van der Waals surface area (Å²) in [6.45, 7) is 0.366. The fourth-order valence-corrected chi connectivity index (χ4v) is 4.19. The van der Waals surface area contributed by atoms with Crippen LogP contribution in [-0.2, 0) is 6.61 Å². The molecule has 5 rings (SSSR count). The van der Waals surface area contributed by atoms with Gasteiger partial charge in [0.2, 0.25) is 0 Å². The lowest BCUT2D eigenvalue weighted by atomic mass is 9.91. The Hall–Kier alpha value is -3.57. The number of hydrogen-bond donors (Lipinski definition) is 1. The lowest BCUT2D eigenvalue weighted by molar-refractivity contribution is 0.306. The summed E-state index contributed by atoms with van der Waals surface area (Å²) in [7, 11) is 0. The molecule has 0 bridgehead atoms. The van der Waals surface area contributed by atoms with Gasteiger partial charge < -0.3 is 4.74 Å². The molecule has 0 aromatic heterocycles. The molecule has 0 spiro atoms. The van der Waals surface area contributed by atoms with E-state index in [2.05, 4.69) is 5.32 Å². The first-order valence-corrected chi connectivity index (χ1v) is 10.4. The first kappa shape index (κ1) is 20.3. The van der Waals surface area contributed by atoms with Crippen LogP contribution in [0.1, 0.15) is 39.9 Å². The summed E-state index contributed by atoms with van der Waals surface area (Å²) < 4.78 is 47.5. The van der Waals surface area contributed by atoms with E-state index >= 15 is 0 Å². The second kappa shape index (κ2) is 8.52. The van der Waals surface area contributed by atoms with E-state index in [0.29, 0.717) is 17.9 Å². The highest BCUT2D eigenvalue weighted by Gasteiger charge is 2.28. The van der Waals surface area contributed by atoms with Crippen molar-refractivity contribution in [3.63, 3.8) is 0 Å². The molecule has 0 saturated heterocycles. The van der Waals surface area contributed by atoms with Crippen molar-refractivity contribution in [2.24, 2.45) is 0 Å². The van der Waals surface area contributed by atoms with Crippen LogP contribution in [0.3, 0.4) is 0 Å². The lowest BCUT2D eigenvalue weighted by Gasteiger charge is -2.28. The van der Waals surface area contributed by atoms with E-state index in [0.717, 1.165) is 22.3 Å². The SMILES string of the molecule is Fc1ccc(C(NC2c3ccccc3COc3ccc(F)cc32)c2ccc(F)cc2)cc1. The highest BCUT2D eigenvalue weighted by Crippen LogP contribution is 2.38. The Balaban J connectivity index is 1.65. The zero-order valence-electron chi connectivity index (χ0n) is 17.1. The van der Waals surface area contributed by atoms with Gasteiger partial charge in [-0.1, -0.05) is 48.5 Å². The van der Waals surface area contributed by atoms with Crippen LogP contribution in [0.25, 0.3) is 0 Å². The minimum Gasteiger partial charge on any atom is -0.489 e. The van der Waals surface area contributed by atoms with Crippen molar-refractivity contribution in [3.05, 3.63) is 136 Å². The zero-order chi connectivity index (χ0) is 22.1. The van der Waals surface area contributed by atoms with Gasteiger partial charge in [0.05, 0.1) is 12.1 Å². The van der Waals surface area contributed by atoms with Crippen LogP contribution in [-0.4, -0.2) is 0 Å². The van der Waals surface area contributed by atoms with Crippen LogP contribution in [0.15, 0.2) is 91.0 Å². The molecule has 160 valence electrons. The Labute approximate surface area is 184 Å². The van der Waals surface area contributed by atoms with Crippen LogP contribution < -0.4 is 10.1 Å². The molecule has 0 aliphatic carbocycles. The number of nitrogens with one attached hydrogen (secondary N) is 1. The van der Waals surface area contributed by atoms with Gasteiger partial charge in [0, 0.05) is 5.56 Å². The van der Waals surface area contributed by atoms with Crippen LogP contribution in [0, 0.1) is 17.5 Å². The van der Waals surface area contributed by atoms with E-state index in [-0.39, 0.29) is 17.5 Å². The minimum atomic E-state index is -0.403. The van der Waals surface area contributed by atoms with E-state index in [1.807, 2.05) is 24.3 Å². The second-order valence-electron chi connectivity index (χ2n) is 7.81. The molecule has 0 amide bonds. The zero-order valence-corrected chi connectivity index (χ0v) is 17.1. The third-order valence-electron chi connectivity index (χ3n) is 5.77. The molecule has 1 unspecified atom stereocenters. The molecule has 2 nitrogen and oxygen atoms in total. The molecule has 1 atom stereocenters. The molecule has 32 heavy (non-hydrogen) atoms. The van der Waals surface area contributed by atoms with Gasteiger partial charge >= 0.3 is 0 Å². The molecule has 0 radical (unpaired) electrons. The summed E-state index contributed by atoms with van der Waals surface area (Å²) >= 11 is 0. The Morgan fingerprint density at radius 2 is 1.28 bits per heavy atom. The number of hydrogen-bond acceptors (Lipinski definition) is 2. The number of rotatable bonds is 4. The largest absolute Gasteiger partial charge is 0.489 e. The number of ether oxygens (including phenoxy) is 1. The first-order valence-electron chi connectivity index (χ1n) is 10.4. The molecular weight excluding hydrogens is 411 g/mol. The maximum atomic E-state index is 14.3. The summed E-state index contributed by atoms with van der Waals surface area (Å²) in [6.07, 6.45) is 0. The normalized spacial score (nSPS) is 14.9. The topological polar surface area (TPSA) is 21.3 Å². The molecule has 1 heterocycles. The average Bonchev–Trinajstić information content (AvgIpc) is 2.96. The van der Waals surface area contributed by atoms with E-state index < -0.39 is 12.1 Å². The average molecular weight is 431 g/mol. The maximum absolute atomic E-state index is 14.3. The van der Waals surface area contributed by atoms with Gasteiger partial charge in [0.1, 0.15) is 29.8 Å². The van der Waals surface area contributed by atoms with Crippen molar-refractivity contribution >= 4 is 0 Å². The highest BCUT2D eigenvalue weighted by atomic mass is 19.1. The van der Waals surface area contributed by atoms with Crippen LogP contribution in [0.2, 0.25) is 0 Å². The van der Waals surface area contributed by atoms with Crippen molar-refractivity contribution in [2.45, 2.75) is 18.7 Å². The molecule has 0 fully saturated rings. The van der Waals surface area contributed by atoms with Gasteiger partial charge in [-0.25, -0.2) is 13.2 Å². The summed E-state index contributed by atoms with van der Waals surface area (Å²) in [5, 5.41) is 3.62. The second-order valence-corrected chi connectivity index (χ2v) is 7.81. The van der Waals surface area contributed by atoms with Gasteiger partial charge in [-0.05, 0) is 64.7 Å². The first-order chi connectivity index (χ1) is 15.6. The predicted octanol–water partition coefficient (Wildman–Crippen LogP) is 6.46. The molecule has 1 N–H and O–H groups in total. The van der Waals surface area contributed by atoms with E-state index in [4.69, 9.17) is 4.74 Å². The fraction of sp³-hybridized carbons (Fsp3) is 0.111. The van der Waals surface area contributed by atoms with Crippen molar-refractivity contribution in [1.82, 2.24) is 5.32 Å². The summed E-state index contributed by atoms with van der Waals surface area (Å²) in [5.74, 6) is -0.449. The van der Waals surface area contributed by atoms with Crippen LogP contribution in [0.5, 0.6) is 5.75 Å². The van der Waals surface area contributed by atoms with E-state index in [9.17, 15) is 13.2 Å². The summed E-state index contributed by atoms with van der Waals surface area (Å²) in [4.78, 5) is 0. The summed E-state index contributed by atoms with van der Waals surface area (Å²) in [6, 6.07) is 23.9. The molecule has 4 aromatic rings. The molecule has 1 aliphatic rings. The lowest BCUT2D eigenvalue weighted by Crippen LogP contribution is -2.28. The quantitative estimate of drug-likeness (QED) is 0.400. The Kier molecular flexibility index (Phi) is 5.41. The molecule has 1 aliphatic heterocycles.